The minimum Gasteiger partial charge on any atom is -0.484 e. The number of imidazole rings is 3. The van der Waals surface area contributed by atoms with E-state index in [-0.39, 0.29) is 28.9 Å². The molecule has 55 heavy (non-hydrogen) atoms. The predicted octanol–water partition coefficient (Wildman–Crippen LogP) is 6.87. The first-order valence-electron chi connectivity index (χ1n) is 17.7. The molecule has 1 saturated heterocycles. The van der Waals surface area contributed by atoms with Gasteiger partial charge < -0.3 is 24.6 Å². The Morgan fingerprint density at radius 2 is 1.62 bits per heavy atom. The third-order valence-electron chi connectivity index (χ3n) is 9.64. The van der Waals surface area contributed by atoms with Crippen molar-refractivity contribution in [2.45, 2.75) is 55.9 Å². The average molecular weight is 795 g/mol. The van der Waals surface area contributed by atoms with Gasteiger partial charge in [-0.3, -0.25) is 18.3 Å². The summed E-state index contributed by atoms with van der Waals surface area (Å²) in [4.78, 5) is 44.3. The second-order valence-corrected chi connectivity index (χ2v) is 15.1. The average Bonchev–Trinajstić information content (AvgIpc) is 3.84. The third kappa shape index (κ3) is 8.87. The second-order valence-electron chi connectivity index (χ2n) is 13.3. The number of likely N-dealkylation sites (tertiary alicyclic amines) is 1. The number of alkyl halides is 3. The quantitative estimate of drug-likeness (QED) is 0.137. The van der Waals surface area contributed by atoms with Gasteiger partial charge in [0.1, 0.15) is 5.75 Å². The van der Waals surface area contributed by atoms with E-state index in [0.717, 1.165) is 66.5 Å². The number of ether oxygens (including phenoxy) is 1. The Morgan fingerprint density at radius 1 is 0.891 bits per heavy atom. The lowest BCUT2D eigenvalue weighted by atomic mass is 10.0. The molecule has 17 heteroatoms. The number of aryl methyl sites for hydroxylation is 1. The molecule has 0 aliphatic carbocycles. The monoisotopic (exact) mass is 794 g/mol. The molecular weight excluding hydrogens is 757 g/mol. The van der Waals surface area contributed by atoms with E-state index < -0.39 is 23.6 Å². The van der Waals surface area contributed by atoms with Gasteiger partial charge in [0, 0.05) is 42.5 Å². The smallest absolute Gasteiger partial charge is 0.422 e. The van der Waals surface area contributed by atoms with Crippen molar-refractivity contribution in [3.05, 3.63) is 116 Å². The number of hydrogen-bond donors (Lipinski definition) is 3. The van der Waals surface area contributed by atoms with Crippen LogP contribution in [-0.2, 0) is 23.1 Å². The molecule has 1 fully saturated rings. The molecule has 0 radical (unpaired) electrons. The van der Waals surface area contributed by atoms with Crippen molar-refractivity contribution in [1.29, 1.82) is 0 Å². The van der Waals surface area contributed by atoms with Gasteiger partial charge in [-0.15, -0.1) is 0 Å². The van der Waals surface area contributed by atoms with E-state index >= 15 is 0 Å². The number of H-pyrrole nitrogens is 3. The summed E-state index contributed by atoms with van der Waals surface area (Å²) >= 11 is 6.05. The highest BCUT2D eigenvalue weighted by molar-refractivity contribution is 7.84. The van der Waals surface area contributed by atoms with Gasteiger partial charge in [0.05, 0.1) is 55.3 Å². The highest BCUT2D eigenvalue weighted by atomic mass is 35.5. The van der Waals surface area contributed by atoms with Gasteiger partial charge in [-0.05, 0) is 81.3 Å². The van der Waals surface area contributed by atoms with Crippen LogP contribution in [0, 0.1) is 6.92 Å². The maximum atomic E-state index is 12.5. The highest BCUT2D eigenvalue weighted by Crippen LogP contribution is 2.27. The van der Waals surface area contributed by atoms with Gasteiger partial charge in [0.15, 0.2) is 11.8 Å². The van der Waals surface area contributed by atoms with Crippen molar-refractivity contribution in [3.63, 3.8) is 0 Å². The topological polar surface area (TPSA) is 147 Å². The molecule has 4 aromatic heterocycles. The highest BCUT2D eigenvalue weighted by Gasteiger charge is 2.29. The van der Waals surface area contributed by atoms with Crippen LogP contribution >= 0.6 is 11.6 Å². The summed E-state index contributed by atoms with van der Waals surface area (Å²) in [6.45, 7) is 3.73. The molecular formula is C38H38ClF3N8O4S. The van der Waals surface area contributed by atoms with E-state index in [0.29, 0.717) is 33.5 Å². The van der Waals surface area contributed by atoms with E-state index in [1.165, 1.54) is 12.3 Å². The van der Waals surface area contributed by atoms with Gasteiger partial charge in [-0.1, -0.05) is 35.9 Å². The van der Waals surface area contributed by atoms with Crippen LogP contribution in [0.1, 0.15) is 36.6 Å². The van der Waals surface area contributed by atoms with Crippen LogP contribution in [0.5, 0.6) is 5.75 Å². The number of para-hydroxylation sites is 4. The Kier molecular flexibility index (Phi) is 11.3. The zero-order valence-electron chi connectivity index (χ0n) is 29.7. The molecule has 7 aromatic rings. The predicted molar refractivity (Wildman–Crippen MR) is 206 cm³/mol. The molecule has 0 saturated carbocycles. The normalized spacial score (nSPS) is 14.7. The first kappa shape index (κ1) is 38.1. The van der Waals surface area contributed by atoms with Crippen molar-refractivity contribution < 1.29 is 22.1 Å². The summed E-state index contributed by atoms with van der Waals surface area (Å²) in [6.07, 6.45) is -0.306. The lowest BCUT2D eigenvalue weighted by Crippen LogP contribution is -2.37. The number of nitrogens with zero attached hydrogens (tertiary/aromatic N) is 5. The largest absolute Gasteiger partial charge is 0.484 e. The summed E-state index contributed by atoms with van der Waals surface area (Å²) in [5.41, 5.74) is 5.72. The lowest BCUT2D eigenvalue weighted by molar-refractivity contribution is -0.153. The van der Waals surface area contributed by atoms with Crippen molar-refractivity contribution in [2.75, 3.05) is 26.2 Å². The van der Waals surface area contributed by atoms with Crippen LogP contribution in [0.4, 0.5) is 13.2 Å². The maximum absolute atomic E-state index is 12.5. The molecule has 12 nitrogen and oxygen atoms in total. The number of pyridine rings is 1. The van der Waals surface area contributed by atoms with E-state index in [2.05, 4.69) is 29.8 Å². The van der Waals surface area contributed by atoms with E-state index in [9.17, 15) is 27.0 Å². The van der Waals surface area contributed by atoms with Gasteiger partial charge in [0.2, 0.25) is 0 Å². The fourth-order valence-corrected chi connectivity index (χ4v) is 8.17. The first-order chi connectivity index (χ1) is 26.4. The van der Waals surface area contributed by atoms with Gasteiger partial charge in [0.25, 0.3) is 0 Å². The van der Waals surface area contributed by atoms with E-state index in [1.54, 1.807) is 19.1 Å². The molecule has 5 heterocycles. The minimum atomic E-state index is -4.42. The molecule has 3 aromatic carbocycles. The van der Waals surface area contributed by atoms with Gasteiger partial charge in [-0.25, -0.2) is 14.6 Å². The van der Waals surface area contributed by atoms with Crippen molar-refractivity contribution >= 4 is 55.5 Å². The standard InChI is InChI=1S/C22H24ClN5O2.C16H14F3N3O2S/c23-15-6-7-20-18(14-15)25-22(30)28(20)16-8-12-26(13-9-16)10-3-11-27-19-5-2-1-4-17(19)24-21(27)29;1-10-13(20-7-6-14(10)24-9-16(17,18)19)8-25(23)15-21-11-4-2-3-5-12(11)22-15/h1-2,4-7,14,16H,3,8-13H2,(H,24,29)(H,25,30);2-7H,8-9H2,1H3,(H,21,22). The number of aromatic amines is 3. The Hall–Kier alpha value is -5.19. The molecule has 0 bridgehead atoms. The number of nitrogens with one attached hydrogen (secondary N) is 3. The summed E-state index contributed by atoms with van der Waals surface area (Å²) in [7, 11) is -1.51. The number of fused-ring (bicyclic) bond motifs is 3. The molecule has 1 atom stereocenters. The number of rotatable bonds is 10. The van der Waals surface area contributed by atoms with Crippen LogP contribution < -0.4 is 16.1 Å². The van der Waals surface area contributed by atoms with Gasteiger partial charge >= 0.3 is 17.6 Å². The van der Waals surface area contributed by atoms with Crippen LogP contribution in [0.2, 0.25) is 5.02 Å². The molecule has 0 amide bonds. The zero-order chi connectivity index (χ0) is 38.7. The Morgan fingerprint density at radius 3 is 2.38 bits per heavy atom. The summed E-state index contributed by atoms with van der Waals surface area (Å²) in [5, 5.41) is 0.920. The number of halogens is 4. The fraction of sp³-hybridized carbons (Fsp3) is 0.316. The number of aromatic nitrogens is 7. The molecule has 288 valence electrons. The van der Waals surface area contributed by atoms with Crippen molar-refractivity contribution in [3.8, 4) is 5.75 Å². The van der Waals surface area contributed by atoms with Crippen LogP contribution in [0.3, 0.4) is 0 Å². The lowest BCUT2D eigenvalue weighted by Gasteiger charge is -2.32. The fourth-order valence-electron chi connectivity index (χ4n) is 6.90. The molecule has 8 rings (SSSR count). The van der Waals surface area contributed by atoms with Crippen LogP contribution in [-0.4, -0.2) is 75.6 Å². The number of hydrogen-bond acceptors (Lipinski definition) is 7. The maximum Gasteiger partial charge on any atom is 0.422 e. The SMILES string of the molecule is Cc1c(OCC(F)(F)F)ccnc1CS(=O)c1nc2ccccc2[nH]1.O=c1[nH]c2ccccc2n1CCCN1CCC(n2c(=O)[nH]c3cc(Cl)ccc32)CC1. The van der Waals surface area contributed by atoms with Crippen molar-refractivity contribution in [1.82, 2.24) is 39.0 Å². The Labute approximate surface area is 319 Å². The summed E-state index contributed by atoms with van der Waals surface area (Å²) < 4.78 is 57.9. The van der Waals surface area contributed by atoms with E-state index in [1.807, 2.05) is 63.7 Å². The van der Waals surface area contributed by atoms with E-state index in [4.69, 9.17) is 16.3 Å². The number of benzene rings is 3. The third-order valence-corrected chi connectivity index (χ3v) is 11.0. The number of piperidine rings is 1. The molecule has 3 N–H and O–H groups in total. The van der Waals surface area contributed by atoms with Crippen LogP contribution in [0.15, 0.2) is 93.7 Å². The Balaban J connectivity index is 0.000000172. The molecule has 1 unspecified atom stereocenters. The minimum absolute atomic E-state index is 0.0227. The van der Waals surface area contributed by atoms with Crippen molar-refractivity contribution in [2.24, 2.45) is 0 Å². The molecule has 1 aliphatic heterocycles. The molecule has 1 aliphatic rings. The first-order valence-corrected chi connectivity index (χ1v) is 19.4. The Bertz CT molecular complexity index is 2550. The summed E-state index contributed by atoms with van der Waals surface area (Å²) in [5.74, 6) is 0.0958. The second kappa shape index (κ2) is 16.3. The zero-order valence-corrected chi connectivity index (χ0v) is 31.3. The summed E-state index contributed by atoms with van der Waals surface area (Å²) in [6, 6.07) is 22.2. The molecule has 0 spiro atoms. The van der Waals surface area contributed by atoms with Crippen LogP contribution in [0.25, 0.3) is 33.1 Å². The van der Waals surface area contributed by atoms with Gasteiger partial charge in [-0.2, -0.15) is 13.2 Å².